The summed E-state index contributed by atoms with van der Waals surface area (Å²) >= 11 is 0. The highest BCUT2D eigenvalue weighted by molar-refractivity contribution is 5.74. The number of aryl methyl sites for hydroxylation is 1. The Morgan fingerprint density at radius 2 is 2.11 bits per heavy atom. The van der Waals surface area contributed by atoms with Crippen molar-refractivity contribution in [1.82, 2.24) is 35.2 Å². The van der Waals surface area contributed by atoms with Crippen molar-refractivity contribution < 1.29 is 4.79 Å². The highest BCUT2D eigenvalue weighted by atomic mass is 16.2. The van der Waals surface area contributed by atoms with E-state index < -0.39 is 0 Å². The predicted molar refractivity (Wildman–Crippen MR) is 102 cm³/mol. The topological polar surface area (TPSA) is 91.7 Å². The van der Waals surface area contributed by atoms with Crippen LogP contribution in [0.25, 0.3) is 5.69 Å². The zero-order chi connectivity index (χ0) is 19.2. The van der Waals surface area contributed by atoms with E-state index >= 15 is 0 Å². The van der Waals surface area contributed by atoms with Gasteiger partial charge in [0.15, 0.2) is 0 Å². The normalized spacial score (nSPS) is 12.0. The van der Waals surface area contributed by atoms with Crippen LogP contribution in [-0.4, -0.2) is 42.9 Å². The summed E-state index contributed by atoms with van der Waals surface area (Å²) < 4.78 is 1.69. The number of carbonyl (C=O) groups is 1. The van der Waals surface area contributed by atoms with E-state index in [-0.39, 0.29) is 12.1 Å². The van der Waals surface area contributed by atoms with E-state index in [1.54, 1.807) is 23.0 Å². The molecule has 0 aliphatic heterocycles. The second kappa shape index (κ2) is 8.48. The van der Waals surface area contributed by atoms with Crippen molar-refractivity contribution in [3.05, 3.63) is 59.9 Å². The van der Waals surface area contributed by atoms with Crippen LogP contribution in [0.2, 0.25) is 0 Å². The quantitative estimate of drug-likeness (QED) is 0.672. The highest BCUT2D eigenvalue weighted by Gasteiger charge is 2.15. The third kappa shape index (κ3) is 4.72. The van der Waals surface area contributed by atoms with Gasteiger partial charge < -0.3 is 10.2 Å². The Morgan fingerprint density at radius 1 is 1.33 bits per heavy atom. The van der Waals surface area contributed by atoms with Crippen molar-refractivity contribution in [3.8, 4) is 5.69 Å². The molecule has 0 saturated carbocycles. The largest absolute Gasteiger partial charge is 0.331 e. The lowest BCUT2D eigenvalue weighted by Crippen LogP contribution is -2.38. The summed E-state index contributed by atoms with van der Waals surface area (Å²) in [5.74, 6) is 0. The van der Waals surface area contributed by atoms with Crippen molar-refractivity contribution in [2.24, 2.45) is 0 Å². The molecule has 1 aromatic carbocycles. The maximum atomic E-state index is 12.5. The van der Waals surface area contributed by atoms with Gasteiger partial charge in [-0.2, -0.15) is 10.2 Å². The molecule has 2 aromatic heterocycles. The minimum Gasteiger partial charge on any atom is -0.331 e. The molecule has 8 heteroatoms. The van der Waals surface area contributed by atoms with Crippen LogP contribution in [0.5, 0.6) is 0 Å². The summed E-state index contributed by atoms with van der Waals surface area (Å²) in [7, 11) is 1.77. The van der Waals surface area contributed by atoms with Crippen molar-refractivity contribution in [2.75, 3.05) is 7.05 Å². The van der Waals surface area contributed by atoms with Crippen molar-refractivity contribution >= 4 is 6.03 Å². The molecule has 0 saturated heterocycles. The van der Waals surface area contributed by atoms with Gasteiger partial charge in [-0.1, -0.05) is 25.5 Å². The number of benzene rings is 1. The average molecular weight is 367 g/mol. The van der Waals surface area contributed by atoms with Gasteiger partial charge in [-0.25, -0.2) is 14.5 Å². The van der Waals surface area contributed by atoms with E-state index in [1.807, 2.05) is 37.3 Å². The SMILES string of the molecule is CCCc1cc(CN(C)C(=O)N[C@@H](C)c2ccc(-n3cncn3)cc2)[nH]n1. The summed E-state index contributed by atoms with van der Waals surface area (Å²) in [4.78, 5) is 18.1. The van der Waals surface area contributed by atoms with Gasteiger partial charge >= 0.3 is 6.03 Å². The van der Waals surface area contributed by atoms with E-state index in [0.717, 1.165) is 35.5 Å². The number of nitrogens with zero attached hydrogens (tertiary/aromatic N) is 5. The first-order valence-electron chi connectivity index (χ1n) is 9.06. The molecule has 0 spiro atoms. The van der Waals surface area contributed by atoms with Gasteiger partial charge in [0.1, 0.15) is 12.7 Å². The standard InChI is InChI=1S/C19H25N7O/c1-4-5-16-10-17(24-23-16)11-25(3)19(27)22-14(2)15-6-8-18(9-7-15)26-13-20-12-21-26/h6-10,12-14H,4-5,11H2,1-3H3,(H,22,27)(H,23,24)/t14-/m0/s1. The highest BCUT2D eigenvalue weighted by Crippen LogP contribution is 2.15. The van der Waals surface area contributed by atoms with Crippen molar-refractivity contribution in [2.45, 2.75) is 39.3 Å². The second-order valence-corrected chi connectivity index (χ2v) is 6.59. The number of aromatic nitrogens is 5. The van der Waals surface area contributed by atoms with Crippen LogP contribution in [0.3, 0.4) is 0 Å². The van der Waals surface area contributed by atoms with E-state index in [2.05, 4.69) is 32.5 Å². The third-order valence-corrected chi connectivity index (χ3v) is 4.36. The third-order valence-electron chi connectivity index (χ3n) is 4.36. The van der Waals surface area contributed by atoms with Crippen LogP contribution in [0.4, 0.5) is 4.79 Å². The Balaban J connectivity index is 1.56. The number of H-pyrrole nitrogens is 1. The molecule has 0 bridgehead atoms. The first-order chi connectivity index (χ1) is 13.1. The average Bonchev–Trinajstić information content (AvgIpc) is 3.34. The predicted octanol–water partition coefficient (Wildman–Crippen LogP) is 2.85. The first kappa shape index (κ1) is 18.6. The molecule has 8 nitrogen and oxygen atoms in total. The van der Waals surface area contributed by atoms with Gasteiger partial charge in [0.25, 0.3) is 0 Å². The van der Waals surface area contributed by atoms with E-state index in [4.69, 9.17) is 0 Å². The molecule has 0 aliphatic carbocycles. The number of nitrogens with one attached hydrogen (secondary N) is 2. The van der Waals surface area contributed by atoms with Crippen LogP contribution < -0.4 is 5.32 Å². The monoisotopic (exact) mass is 367 g/mol. The Morgan fingerprint density at radius 3 is 2.78 bits per heavy atom. The second-order valence-electron chi connectivity index (χ2n) is 6.59. The Labute approximate surface area is 158 Å². The maximum absolute atomic E-state index is 12.5. The van der Waals surface area contributed by atoms with E-state index in [0.29, 0.717) is 6.54 Å². The van der Waals surface area contributed by atoms with Gasteiger partial charge in [-0.15, -0.1) is 0 Å². The van der Waals surface area contributed by atoms with Gasteiger partial charge in [0.05, 0.1) is 29.7 Å². The zero-order valence-electron chi connectivity index (χ0n) is 15.9. The Bertz CT molecular complexity index is 855. The Kier molecular flexibility index (Phi) is 5.85. The van der Waals surface area contributed by atoms with Crippen LogP contribution >= 0.6 is 0 Å². The molecule has 142 valence electrons. The maximum Gasteiger partial charge on any atom is 0.317 e. The molecule has 3 aromatic rings. The zero-order valence-corrected chi connectivity index (χ0v) is 15.9. The molecule has 0 aliphatic rings. The van der Waals surface area contributed by atoms with Crippen LogP contribution in [-0.2, 0) is 13.0 Å². The van der Waals surface area contributed by atoms with Crippen molar-refractivity contribution in [1.29, 1.82) is 0 Å². The van der Waals surface area contributed by atoms with E-state index in [9.17, 15) is 4.79 Å². The number of carbonyl (C=O) groups excluding carboxylic acids is 1. The van der Waals surface area contributed by atoms with Gasteiger partial charge in [0, 0.05) is 7.05 Å². The molecule has 1 atom stereocenters. The number of urea groups is 1. The summed E-state index contributed by atoms with van der Waals surface area (Å²) in [6.07, 6.45) is 5.13. The van der Waals surface area contributed by atoms with Crippen LogP contribution in [0.15, 0.2) is 43.0 Å². The molecule has 27 heavy (non-hydrogen) atoms. The first-order valence-corrected chi connectivity index (χ1v) is 9.06. The summed E-state index contributed by atoms with van der Waals surface area (Å²) in [5, 5.41) is 14.4. The fraction of sp³-hybridized carbons (Fsp3) is 0.368. The number of rotatable bonds is 7. The lowest BCUT2D eigenvalue weighted by molar-refractivity contribution is 0.203. The lowest BCUT2D eigenvalue weighted by Gasteiger charge is -2.21. The molecule has 3 rings (SSSR count). The molecular formula is C19H25N7O. The number of hydrogen-bond donors (Lipinski definition) is 2. The fourth-order valence-electron chi connectivity index (χ4n) is 2.84. The molecule has 0 radical (unpaired) electrons. The molecular weight excluding hydrogens is 342 g/mol. The smallest absolute Gasteiger partial charge is 0.317 e. The summed E-state index contributed by atoms with van der Waals surface area (Å²) in [6, 6.07) is 9.64. The molecule has 2 N–H and O–H groups in total. The summed E-state index contributed by atoms with van der Waals surface area (Å²) in [5.41, 5.74) is 3.91. The Hall–Kier alpha value is -3.16. The lowest BCUT2D eigenvalue weighted by atomic mass is 10.1. The van der Waals surface area contributed by atoms with Gasteiger partial charge in [-0.05, 0) is 37.1 Å². The molecule has 0 fully saturated rings. The van der Waals surface area contributed by atoms with Crippen molar-refractivity contribution in [3.63, 3.8) is 0 Å². The fourth-order valence-corrected chi connectivity index (χ4v) is 2.84. The number of aromatic amines is 1. The molecule has 2 heterocycles. The van der Waals surface area contributed by atoms with Gasteiger partial charge in [0.2, 0.25) is 0 Å². The molecule has 0 unspecified atom stereocenters. The summed E-state index contributed by atoms with van der Waals surface area (Å²) in [6.45, 7) is 4.57. The van der Waals surface area contributed by atoms with Crippen LogP contribution in [0.1, 0.15) is 43.3 Å². The minimum absolute atomic E-state index is 0.109. The van der Waals surface area contributed by atoms with E-state index in [1.165, 1.54) is 6.33 Å². The van der Waals surface area contributed by atoms with Crippen LogP contribution in [0, 0.1) is 0 Å². The number of amides is 2. The van der Waals surface area contributed by atoms with Gasteiger partial charge in [-0.3, -0.25) is 5.10 Å². The number of hydrogen-bond acceptors (Lipinski definition) is 4. The molecule has 2 amide bonds. The minimum atomic E-state index is -0.130.